The molecule has 11 heteroatoms. The minimum absolute atomic E-state index is 0.0277. The average molecular weight is 532 g/mol. The van der Waals surface area contributed by atoms with E-state index in [1.807, 2.05) is 25.1 Å². The highest BCUT2D eigenvalue weighted by Crippen LogP contribution is 2.36. The Kier molecular flexibility index (Phi) is 6.83. The molecule has 3 heterocycles. The first kappa shape index (κ1) is 25.4. The first-order chi connectivity index (χ1) is 18.3. The molecule has 0 spiro atoms. The van der Waals surface area contributed by atoms with Crippen LogP contribution in [0.2, 0.25) is 0 Å². The normalized spacial score (nSPS) is 20.7. The molecule has 1 aliphatic carbocycles. The number of benzene rings is 1. The van der Waals surface area contributed by atoms with E-state index in [1.54, 1.807) is 41.1 Å². The lowest BCUT2D eigenvalue weighted by atomic mass is 9.90. The van der Waals surface area contributed by atoms with Gasteiger partial charge in [-0.3, -0.25) is 9.80 Å². The Balaban J connectivity index is 1.46. The topological polar surface area (TPSA) is 142 Å². The van der Waals surface area contributed by atoms with Crippen LogP contribution in [0.5, 0.6) is 0 Å². The Morgan fingerprint density at radius 2 is 2.05 bits per heavy atom. The average Bonchev–Trinajstić information content (AvgIpc) is 3.56. The number of aromatic nitrogens is 3. The van der Waals surface area contributed by atoms with Crippen LogP contribution in [0, 0.1) is 5.92 Å². The number of hydrogen-bond donors (Lipinski definition) is 3. The number of carbonyl (C=O) groups is 1. The van der Waals surface area contributed by atoms with Crippen LogP contribution in [0.3, 0.4) is 0 Å². The number of H-pyrrole nitrogens is 1. The predicted molar refractivity (Wildman–Crippen MR) is 147 cm³/mol. The summed E-state index contributed by atoms with van der Waals surface area (Å²) in [6.07, 6.45) is 8.31. The van der Waals surface area contributed by atoms with Crippen molar-refractivity contribution in [2.24, 2.45) is 22.0 Å². The number of hydrogen-bond acceptors (Lipinski definition) is 6. The van der Waals surface area contributed by atoms with Crippen molar-refractivity contribution in [2.45, 2.75) is 31.2 Å². The van der Waals surface area contributed by atoms with E-state index in [0.29, 0.717) is 24.4 Å². The molecule has 0 bridgehead atoms. The fraction of sp³-hybridized carbons (Fsp3) is 0.222. The number of carboxylic acids is 1. The van der Waals surface area contributed by atoms with Crippen molar-refractivity contribution in [3.8, 4) is 11.3 Å². The summed E-state index contributed by atoms with van der Waals surface area (Å²) in [6, 6.07) is 9.89. The minimum atomic E-state index is -0.980. The number of imidazole rings is 1. The van der Waals surface area contributed by atoms with Crippen LogP contribution < -0.4 is 11.4 Å². The molecular weight excluding hydrogens is 506 g/mol. The van der Waals surface area contributed by atoms with Crippen LogP contribution in [-0.2, 0) is 6.42 Å². The third-order valence-corrected chi connectivity index (χ3v) is 7.38. The third-order valence-electron chi connectivity index (χ3n) is 6.86. The van der Waals surface area contributed by atoms with Crippen molar-refractivity contribution < 1.29 is 9.90 Å². The van der Waals surface area contributed by atoms with Gasteiger partial charge in [-0.25, -0.2) is 15.6 Å². The molecule has 1 aromatic carbocycles. The number of nitrogens with zero attached hydrogens (tertiary/aromatic N) is 5. The molecular formula is C27H26ClN7O3. The fourth-order valence-electron chi connectivity index (χ4n) is 4.91. The third kappa shape index (κ3) is 4.71. The molecule has 38 heavy (non-hydrogen) atoms. The second-order valence-electron chi connectivity index (χ2n) is 9.28. The number of allylic oxidation sites excluding steroid dienone is 3. The lowest BCUT2D eigenvalue weighted by molar-refractivity contribution is 0.0697. The van der Waals surface area contributed by atoms with E-state index < -0.39 is 5.97 Å². The number of nitrogens with two attached hydrogens (primary N) is 1. The van der Waals surface area contributed by atoms with Gasteiger partial charge in [0.05, 0.1) is 34.6 Å². The van der Waals surface area contributed by atoms with Gasteiger partial charge in [-0.15, -0.1) is 16.7 Å². The van der Waals surface area contributed by atoms with Gasteiger partial charge in [0.2, 0.25) is 0 Å². The molecule has 0 radical (unpaired) electrons. The molecule has 0 fully saturated rings. The summed E-state index contributed by atoms with van der Waals surface area (Å²) >= 11 is 6.56. The number of aromatic carboxylic acids is 1. The Hall–Kier alpha value is -4.28. The summed E-state index contributed by atoms with van der Waals surface area (Å²) in [6.45, 7) is 5.32. The highest BCUT2D eigenvalue weighted by molar-refractivity contribution is 6.23. The van der Waals surface area contributed by atoms with E-state index in [4.69, 9.17) is 22.6 Å². The molecule has 3 aromatic rings. The van der Waals surface area contributed by atoms with Crippen LogP contribution in [0.1, 0.15) is 46.8 Å². The zero-order valence-electron chi connectivity index (χ0n) is 20.6. The highest BCUT2D eigenvalue weighted by Gasteiger charge is 2.30. The fourth-order valence-corrected chi connectivity index (χ4v) is 5.10. The van der Waals surface area contributed by atoms with Crippen LogP contribution in [-0.4, -0.2) is 49.1 Å². The summed E-state index contributed by atoms with van der Waals surface area (Å²) in [7, 11) is 0. The number of carboxylic acid groups (broad SMARTS) is 1. The molecule has 10 nitrogen and oxygen atoms in total. The maximum atomic E-state index is 13.4. The summed E-state index contributed by atoms with van der Waals surface area (Å²) in [5.74, 6) is 5.93. The highest BCUT2D eigenvalue weighted by atomic mass is 35.5. The number of pyridine rings is 1. The largest absolute Gasteiger partial charge is 0.478 e. The van der Waals surface area contributed by atoms with Crippen LogP contribution >= 0.6 is 11.6 Å². The lowest BCUT2D eigenvalue weighted by Crippen LogP contribution is -2.32. The minimum Gasteiger partial charge on any atom is -0.478 e. The van der Waals surface area contributed by atoms with Crippen molar-refractivity contribution >= 4 is 36.2 Å². The van der Waals surface area contributed by atoms with E-state index in [2.05, 4.69) is 26.9 Å². The van der Waals surface area contributed by atoms with E-state index in [0.717, 1.165) is 28.1 Å². The Labute approximate surface area is 223 Å². The summed E-state index contributed by atoms with van der Waals surface area (Å²) < 4.78 is 1.76. The molecule has 2 aromatic heterocycles. The van der Waals surface area contributed by atoms with Gasteiger partial charge in [0, 0.05) is 24.1 Å². The monoisotopic (exact) mass is 531 g/mol. The van der Waals surface area contributed by atoms with Gasteiger partial charge in [-0.05, 0) is 48.1 Å². The van der Waals surface area contributed by atoms with E-state index in [-0.39, 0.29) is 28.5 Å². The van der Waals surface area contributed by atoms with Gasteiger partial charge >= 0.3 is 5.97 Å². The summed E-state index contributed by atoms with van der Waals surface area (Å²) in [5.41, 5.74) is 4.64. The van der Waals surface area contributed by atoms with Crippen LogP contribution in [0.4, 0.5) is 0 Å². The molecule has 3 atom stereocenters. The lowest BCUT2D eigenvalue weighted by Gasteiger charge is -2.27. The van der Waals surface area contributed by atoms with E-state index in [9.17, 15) is 9.59 Å². The number of aromatic amines is 1. The Morgan fingerprint density at radius 3 is 2.76 bits per heavy atom. The number of fused-ring (bicyclic) bond motifs is 1. The molecule has 194 valence electrons. The van der Waals surface area contributed by atoms with Crippen molar-refractivity contribution in [1.82, 2.24) is 19.5 Å². The smallest absolute Gasteiger partial charge is 0.335 e. The van der Waals surface area contributed by atoms with Crippen molar-refractivity contribution in [3.63, 3.8) is 0 Å². The Bertz CT molecular complexity index is 1550. The van der Waals surface area contributed by atoms with Crippen LogP contribution in [0.25, 0.3) is 16.8 Å². The number of halogens is 1. The van der Waals surface area contributed by atoms with Gasteiger partial charge in [0.1, 0.15) is 12.2 Å². The second-order valence-corrected chi connectivity index (χ2v) is 9.78. The van der Waals surface area contributed by atoms with E-state index >= 15 is 0 Å². The van der Waals surface area contributed by atoms with E-state index in [1.165, 1.54) is 11.3 Å². The molecule has 1 aliphatic heterocycles. The molecule has 2 aliphatic rings. The van der Waals surface area contributed by atoms with Crippen molar-refractivity contribution in [2.75, 3.05) is 0 Å². The Morgan fingerprint density at radius 1 is 1.29 bits per heavy atom. The zero-order chi connectivity index (χ0) is 27.0. The maximum Gasteiger partial charge on any atom is 0.335 e. The standard InChI is InChI=1S/C27H26ClN7O3/c1-15-9-24(34(29)14-32-30-2)20(12-21(15)28)18-10-19-7-8-23(35(19)25(36)11-18)26-31-13-22(33-26)16-3-5-17(6-4-16)27(37)38/h3-6,9-15,21,23H,2,7-8,29H2,1H3,(H,31,33)(H,37,38). The number of aryl methyl sites for hydroxylation is 1. The SMILES string of the molecule is C=NN=CN(N)C1=CC(C)C(Cl)C=C1c1cc2n(c(=O)c1)C(c1ncc(-c3ccc(C(=O)O)cc3)[nH]1)CC2. The van der Waals surface area contributed by atoms with Crippen molar-refractivity contribution in [3.05, 3.63) is 93.4 Å². The molecule has 5 rings (SSSR count). The number of rotatable bonds is 7. The van der Waals surface area contributed by atoms with Gasteiger partial charge < -0.3 is 14.7 Å². The molecule has 4 N–H and O–H groups in total. The second kappa shape index (κ2) is 10.2. The van der Waals surface area contributed by atoms with Gasteiger partial charge in [0.25, 0.3) is 5.56 Å². The van der Waals surface area contributed by atoms with Gasteiger partial charge in [-0.2, -0.15) is 5.10 Å². The van der Waals surface area contributed by atoms with Crippen LogP contribution in [0.15, 0.2) is 75.4 Å². The predicted octanol–water partition coefficient (Wildman–Crippen LogP) is 3.82. The van der Waals surface area contributed by atoms with Crippen molar-refractivity contribution in [1.29, 1.82) is 0 Å². The zero-order valence-corrected chi connectivity index (χ0v) is 21.3. The quantitative estimate of drug-likeness (QED) is 0.139. The molecule has 0 amide bonds. The van der Waals surface area contributed by atoms with Gasteiger partial charge in [-0.1, -0.05) is 31.2 Å². The number of alkyl halides is 1. The summed E-state index contributed by atoms with van der Waals surface area (Å²) in [5, 5.41) is 17.5. The number of nitrogens with one attached hydrogen (secondary N) is 1. The molecule has 3 unspecified atom stereocenters. The van der Waals surface area contributed by atoms with Gasteiger partial charge in [0.15, 0.2) is 0 Å². The summed E-state index contributed by atoms with van der Waals surface area (Å²) in [4.78, 5) is 32.4. The number of hydrazine groups is 1. The first-order valence-corrected chi connectivity index (χ1v) is 12.5. The molecule has 0 saturated carbocycles. The maximum absolute atomic E-state index is 13.4. The first-order valence-electron chi connectivity index (χ1n) is 12.0. The molecule has 0 saturated heterocycles.